The molecule has 1 aliphatic heterocycles. The fourth-order valence-corrected chi connectivity index (χ4v) is 3.81. The average molecular weight is 466 g/mol. The summed E-state index contributed by atoms with van der Waals surface area (Å²) in [6, 6.07) is 13.2. The number of hydrogen-bond acceptors (Lipinski definition) is 8. The Morgan fingerprint density at radius 3 is 2.36 bits per heavy atom. The highest BCUT2D eigenvalue weighted by molar-refractivity contribution is 8.18. The molecule has 0 radical (unpaired) electrons. The molecule has 0 fully saturated rings. The maximum Gasteiger partial charge on any atom is 0.344 e. The van der Waals surface area contributed by atoms with Crippen LogP contribution in [0.4, 0.5) is 0 Å². The van der Waals surface area contributed by atoms with Gasteiger partial charge in [0.2, 0.25) is 0 Å². The van der Waals surface area contributed by atoms with E-state index in [1.165, 1.54) is 0 Å². The number of aliphatic imine (C=N–C) groups is 1. The Bertz CT molecular complexity index is 1160. The van der Waals surface area contributed by atoms with Crippen molar-refractivity contribution in [2.24, 2.45) is 4.99 Å². The molecule has 0 spiro atoms. The minimum Gasteiger partial charge on any atom is -0.546 e. The number of aliphatic hydroxyl groups is 1. The van der Waals surface area contributed by atoms with E-state index in [1.54, 1.807) is 61.5 Å². The minimum atomic E-state index is -1.34. The van der Waals surface area contributed by atoms with Gasteiger partial charge in [-0.05, 0) is 49.8 Å². The molecule has 33 heavy (non-hydrogen) atoms. The molecule has 0 bridgehead atoms. The van der Waals surface area contributed by atoms with Crippen molar-refractivity contribution in [3.8, 4) is 5.75 Å². The average Bonchev–Trinajstić information content (AvgIpc) is 3.08. The van der Waals surface area contributed by atoms with E-state index in [1.807, 2.05) is 6.92 Å². The van der Waals surface area contributed by atoms with Crippen LogP contribution in [-0.4, -0.2) is 41.2 Å². The third-order valence-corrected chi connectivity index (χ3v) is 5.43. The second-order valence-corrected chi connectivity index (χ2v) is 7.90. The Hall–Kier alpha value is -3.85. The first-order valence-corrected chi connectivity index (χ1v) is 10.7. The molecule has 0 unspecified atom stereocenters. The zero-order chi connectivity index (χ0) is 24.0. The lowest BCUT2D eigenvalue weighted by molar-refractivity contribution is -0.307. The number of carboxylic acid groups (broad SMARTS) is 1. The minimum absolute atomic E-state index is 0.0386. The summed E-state index contributed by atoms with van der Waals surface area (Å²) in [5.74, 6) is -2.68. The number of carbonyl (C=O) groups excluding carboxylic acids is 3. The Kier molecular flexibility index (Phi) is 7.68. The molecule has 1 aliphatic rings. The lowest BCUT2D eigenvalue weighted by atomic mass is 10.1. The molecule has 170 valence electrons. The number of hydrogen-bond donors (Lipinski definition) is 1. The molecule has 9 heteroatoms. The van der Waals surface area contributed by atoms with Crippen molar-refractivity contribution in [2.45, 2.75) is 13.8 Å². The van der Waals surface area contributed by atoms with E-state index in [9.17, 15) is 24.6 Å². The third kappa shape index (κ3) is 6.11. The lowest BCUT2D eigenvalue weighted by Crippen LogP contribution is -2.28. The molecule has 0 saturated carbocycles. The maximum atomic E-state index is 12.6. The van der Waals surface area contributed by atoms with Gasteiger partial charge in [-0.2, -0.15) is 0 Å². The van der Waals surface area contributed by atoms with Gasteiger partial charge in [-0.3, -0.25) is 4.79 Å². The monoisotopic (exact) mass is 466 g/mol. The number of carbonyl (C=O) groups is 3. The van der Waals surface area contributed by atoms with Crippen LogP contribution >= 0.6 is 11.8 Å². The van der Waals surface area contributed by atoms with E-state index in [0.717, 1.165) is 17.3 Å². The second-order valence-electron chi connectivity index (χ2n) is 6.87. The Morgan fingerprint density at radius 1 is 1.09 bits per heavy atom. The van der Waals surface area contributed by atoms with Crippen molar-refractivity contribution in [1.82, 2.24) is 0 Å². The zero-order valence-electron chi connectivity index (χ0n) is 17.9. The SMILES string of the molecule is CCOC(=O)C1=C(O)/C(=C\c2ccc(OCC(=O)[O-])cc2)SC1=NC(=O)c1ccc(C)cc1. The molecular weight excluding hydrogens is 446 g/mol. The van der Waals surface area contributed by atoms with Crippen LogP contribution in [-0.2, 0) is 14.3 Å². The van der Waals surface area contributed by atoms with Gasteiger partial charge in [0.25, 0.3) is 5.91 Å². The Labute approximate surface area is 194 Å². The van der Waals surface area contributed by atoms with Gasteiger partial charge in [0.1, 0.15) is 28.7 Å². The molecule has 1 heterocycles. The number of nitrogens with zero attached hydrogens (tertiary/aromatic N) is 1. The number of ether oxygens (including phenoxy) is 2. The zero-order valence-corrected chi connectivity index (χ0v) is 18.7. The summed E-state index contributed by atoms with van der Waals surface area (Å²) in [5, 5.41) is 21.2. The molecule has 0 aromatic heterocycles. The lowest BCUT2D eigenvalue weighted by Gasteiger charge is -2.06. The highest BCUT2D eigenvalue weighted by Gasteiger charge is 2.33. The Morgan fingerprint density at radius 2 is 1.76 bits per heavy atom. The van der Waals surface area contributed by atoms with Crippen molar-refractivity contribution in [3.05, 3.63) is 81.5 Å². The van der Waals surface area contributed by atoms with Crippen molar-refractivity contribution in [3.63, 3.8) is 0 Å². The molecule has 0 aliphatic carbocycles. The van der Waals surface area contributed by atoms with Crippen LogP contribution in [0.3, 0.4) is 0 Å². The van der Waals surface area contributed by atoms with E-state index < -0.39 is 24.5 Å². The van der Waals surface area contributed by atoms with E-state index >= 15 is 0 Å². The number of aliphatic carboxylic acids is 1. The summed E-state index contributed by atoms with van der Waals surface area (Å²) in [7, 11) is 0. The highest BCUT2D eigenvalue weighted by Crippen LogP contribution is 2.39. The van der Waals surface area contributed by atoms with Crippen molar-refractivity contribution < 1.29 is 34.1 Å². The molecular formula is C24H20NO7S-. The number of rotatable bonds is 7. The third-order valence-electron chi connectivity index (χ3n) is 4.41. The standard InChI is InChI=1S/C24H21NO7S/c1-3-31-24(30)20-21(28)18(12-15-6-10-17(11-7-15)32-13-19(26)27)33-23(20)25-22(29)16-8-4-14(2)5-9-16/h4-12,28H,3,13H2,1-2H3,(H,26,27)/p-1/b18-12+,25-23?. The molecule has 1 amide bonds. The summed E-state index contributed by atoms with van der Waals surface area (Å²) < 4.78 is 10.1. The fourth-order valence-electron chi connectivity index (χ4n) is 2.80. The van der Waals surface area contributed by atoms with Gasteiger partial charge in [0.05, 0.1) is 17.5 Å². The van der Waals surface area contributed by atoms with Crippen LogP contribution in [0.15, 0.2) is 69.8 Å². The molecule has 3 rings (SSSR count). The van der Waals surface area contributed by atoms with Crippen LogP contribution in [0.1, 0.15) is 28.4 Å². The summed E-state index contributed by atoms with van der Waals surface area (Å²) >= 11 is 0.969. The van der Waals surface area contributed by atoms with E-state index in [4.69, 9.17) is 9.47 Å². The van der Waals surface area contributed by atoms with Crippen LogP contribution in [0.5, 0.6) is 5.75 Å². The molecule has 1 N–H and O–H groups in total. The first-order chi connectivity index (χ1) is 15.8. The largest absolute Gasteiger partial charge is 0.546 e. The Balaban J connectivity index is 1.90. The maximum absolute atomic E-state index is 12.6. The number of esters is 1. The second kappa shape index (κ2) is 10.6. The van der Waals surface area contributed by atoms with Crippen molar-refractivity contribution in [1.29, 1.82) is 0 Å². The van der Waals surface area contributed by atoms with Crippen molar-refractivity contribution in [2.75, 3.05) is 13.2 Å². The van der Waals surface area contributed by atoms with Gasteiger partial charge in [-0.1, -0.05) is 41.6 Å². The van der Waals surface area contributed by atoms with Gasteiger partial charge in [0.15, 0.2) is 0 Å². The predicted octanol–water partition coefficient (Wildman–Crippen LogP) is 2.83. The van der Waals surface area contributed by atoms with Crippen LogP contribution in [0, 0.1) is 6.92 Å². The van der Waals surface area contributed by atoms with E-state index in [0.29, 0.717) is 21.8 Å². The quantitative estimate of drug-likeness (QED) is 0.618. The fraction of sp³-hybridized carbons (Fsp3) is 0.167. The van der Waals surface area contributed by atoms with E-state index in [-0.39, 0.29) is 23.0 Å². The number of amides is 1. The molecule has 8 nitrogen and oxygen atoms in total. The van der Waals surface area contributed by atoms with E-state index in [2.05, 4.69) is 4.99 Å². The summed E-state index contributed by atoms with van der Waals surface area (Å²) in [6.07, 6.45) is 1.60. The number of carboxylic acids is 1. The molecule has 0 atom stereocenters. The summed E-state index contributed by atoms with van der Waals surface area (Å²) in [5.41, 5.74) is 1.79. The molecule has 2 aromatic carbocycles. The smallest absolute Gasteiger partial charge is 0.344 e. The van der Waals surface area contributed by atoms with Gasteiger partial charge in [0, 0.05) is 5.56 Å². The summed E-state index contributed by atoms with van der Waals surface area (Å²) in [6.45, 7) is 3.04. The number of benzene rings is 2. The molecule has 0 saturated heterocycles. The topological polar surface area (TPSA) is 125 Å². The van der Waals surface area contributed by atoms with Gasteiger partial charge < -0.3 is 24.5 Å². The normalized spacial score (nSPS) is 15.7. The first-order valence-electron chi connectivity index (χ1n) is 9.91. The number of aryl methyl sites for hydroxylation is 1. The predicted molar refractivity (Wildman–Crippen MR) is 122 cm³/mol. The van der Waals surface area contributed by atoms with Gasteiger partial charge in [-0.25, -0.2) is 9.79 Å². The van der Waals surface area contributed by atoms with Crippen LogP contribution in [0.2, 0.25) is 0 Å². The van der Waals surface area contributed by atoms with Crippen molar-refractivity contribution >= 4 is 40.7 Å². The molecule has 2 aromatic rings. The van der Waals surface area contributed by atoms with Crippen LogP contribution in [0.25, 0.3) is 6.08 Å². The van der Waals surface area contributed by atoms with Gasteiger partial charge >= 0.3 is 5.97 Å². The summed E-state index contributed by atoms with van der Waals surface area (Å²) in [4.78, 5) is 39.9. The number of aliphatic hydroxyl groups excluding tert-OH is 1. The van der Waals surface area contributed by atoms with Gasteiger partial charge in [-0.15, -0.1) is 0 Å². The first kappa shape index (κ1) is 23.8. The highest BCUT2D eigenvalue weighted by atomic mass is 32.2. The number of thioether (sulfide) groups is 1. The van der Waals surface area contributed by atoms with Crippen LogP contribution < -0.4 is 9.84 Å².